The zero-order chi connectivity index (χ0) is 23.0. The van der Waals surface area contributed by atoms with E-state index in [1.807, 2.05) is 6.07 Å². The Kier molecular flexibility index (Phi) is 5.48. The van der Waals surface area contributed by atoms with E-state index in [-0.39, 0.29) is 22.8 Å². The minimum Gasteiger partial charge on any atom is -0.368 e. The smallest absolute Gasteiger partial charge is 0.368 e. The monoisotopic (exact) mass is 456 g/mol. The van der Waals surface area contributed by atoms with Crippen LogP contribution in [0.5, 0.6) is 0 Å². The lowest BCUT2D eigenvalue weighted by atomic mass is 10.0. The van der Waals surface area contributed by atoms with Crippen molar-refractivity contribution in [1.29, 1.82) is 0 Å². The SMILES string of the molecule is Cc1c(NC(=O)c2ccc(Cl)c(-c3ccc4nc(N)ncc4c3)c2)cccc1C(F)(F)F. The van der Waals surface area contributed by atoms with Gasteiger partial charge < -0.3 is 11.1 Å². The number of nitrogens with zero attached hydrogens (tertiary/aromatic N) is 2. The summed E-state index contributed by atoms with van der Waals surface area (Å²) in [6.07, 6.45) is -2.93. The van der Waals surface area contributed by atoms with Crippen LogP contribution in [0.4, 0.5) is 24.8 Å². The zero-order valence-corrected chi connectivity index (χ0v) is 17.4. The average Bonchev–Trinajstić information content (AvgIpc) is 2.74. The van der Waals surface area contributed by atoms with Gasteiger partial charge in [-0.05, 0) is 60.5 Å². The third-order valence-electron chi connectivity index (χ3n) is 5.03. The third kappa shape index (κ3) is 4.22. The molecule has 0 radical (unpaired) electrons. The van der Waals surface area contributed by atoms with Crippen LogP contribution in [0.3, 0.4) is 0 Å². The highest BCUT2D eigenvalue weighted by molar-refractivity contribution is 6.33. The number of alkyl halides is 3. The standard InChI is InChI=1S/C23H16ClF3N4O/c1-12-17(23(25,26)27)3-2-4-19(12)30-21(32)14-5-7-18(24)16(10-14)13-6-8-20-15(9-13)11-29-22(28)31-20/h2-11H,1H3,(H,30,32)(H2,28,29,31). The molecule has 9 heteroatoms. The minimum atomic E-state index is -4.51. The molecule has 32 heavy (non-hydrogen) atoms. The fraction of sp³-hybridized carbons (Fsp3) is 0.0870. The van der Waals surface area contributed by atoms with Gasteiger partial charge in [-0.25, -0.2) is 9.97 Å². The van der Waals surface area contributed by atoms with Crippen molar-refractivity contribution in [3.05, 3.63) is 82.5 Å². The number of hydrogen-bond donors (Lipinski definition) is 2. The van der Waals surface area contributed by atoms with Crippen molar-refractivity contribution in [3.63, 3.8) is 0 Å². The van der Waals surface area contributed by atoms with Gasteiger partial charge in [0.1, 0.15) is 0 Å². The first-order valence-electron chi connectivity index (χ1n) is 9.44. The van der Waals surface area contributed by atoms with E-state index >= 15 is 0 Å². The number of carbonyl (C=O) groups is 1. The number of carbonyl (C=O) groups excluding carboxylic acids is 1. The van der Waals surface area contributed by atoms with Crippen molar-refractivity contribution in [2.75, 3.05) is 11.1 Å². The number of nitrogen functional groups attached to an aromatic ring is 1. The highest BCUT2D eigenvalue weighted by Crippen LogP contribution is 2.35. The van der Waals surface area contributed by atoms with Crippen molar-refractivity contribution in [3.8, 4) is 11.1 Å². The summed E-state index contributed by atoms with van der Waals surface area (Å²) >= 11 is 6.36. The summed E-state index contributed by atoms with van der Waals surface area (Å²) in [6, 6.07) is 13.7. The minimum absolute atomic E-state index is 0.0589. The van der Waals surface area contributed by atoms with Crippen LogP contribution in [0.25, 0.3) is 22.0 Å². The van der Waals surface area contributed by atoms with Gasteiger partial charge in [0.25, 0.3) is 5.91 Å². The predicted molar refractivity (Wildman–Crippen MR) is 119 cm³/mol. The van der Waals surface area contributed by atoms with Crippen molar-refractivity contribution in [2.45, 2.75) is 13.1 Å². The molecule has 0 saturated carbocycles. The van der Waals surface area contributed by atoms with Crippen LogP contribution in [0.2, 0.25) is 5.02 Å². The maximum Gasteiger partial charge on any atom is 0.416 e. The fourth-order valence-corrected chi connectivity index (χ4v) is 3.60. The number of anilines is 2. The third-order valence-corrected chi connectivity index (χ3v) is 5.35. The second kappa shape index (κ2) is 8.12. The van der Waals surface area contributed by atoms with Crippen LogP contribution < -0.4 is 11.1 Å². The molecule has 4 aromatic rings. The van der Waals surface area contributed by atoms with Crippen LogP contribution in [0.15, 0.2) is 60.8 Å². The van der Waals surface area contributed by atoms with Crippen LogP contribution in [-0.4, -0.2) is 15.9 Å². The number of nitrogens with one attached hydrogen (secondary N) is 1. The summed E-state index contributed by atoms with van der Waals surface area (Å²) in [5.74, 6) is -0.394. The molecule has 0 aliphatic carbocycles. The van der Waals surface area contributed by atoms with E-state index in [0.29, 0.717) is 16.1 Å². The molecular formula is C23H16ClF3N4O. The van der Waals surface area contributed by atoms with E-state index < -0.39 is 17.6 Å². The van der Waals surface area contributed by atoms with Gasteiger partial charge >= 0.3 is 6.18 Å². The summed E-state index contributed by atoms with van der Waals surface area (Å²) < 4.78 is 39.5. The number of benzene rings is 3. The first kappa shape index (κ1) is 21.6. The molecule has 1 amide bonds. The van der Waals surface area contributed by atoms with Gasteiger partial charge in [-0.2, -0.15) is 13.2 Å². The Balaban J connectivity index is 1.68. The summed E-state index contributed by atoms with van der Waals surface area (Å²) in [7, 11) is 0. The molecule has 5 nitrogen and oxygen atoms in total. The van der Waals surface area contributed by atoms with Crippen molar-refractivity contribution >= 4 is 40.0 Å². The summed E-state index contributed by atoms with van der Waals surface area (Å²) in [5, 5.41) is 3.70. The summed E-state index contributed by atoms with van der Waals surface area (Å²) in [5.41, 5.74) is 7.04. The molecule has 0 aliphatic heterocycles. The highest BCUT2D eigenvalue weighted by atomic mass is 35.5. The van der Waals surface area contributed by atoms with Gasteiger partial charge in [0.15, 0.2) is 0 Å². The first-order valence-corrected chi connectivity index (χ1v) is 9.81. The molecule has 0 spiro atoms. The molecule has 0 atom stereocenters. The first-order chi connectivity index (χ1) is 15.1. The van der Waals surface area contributed by atoms with Gasteiger partial charge in [0, 0.05) is 33.4 Å². The van der Waals surface area contributed by atoms with Gasteiger partial charge in [-0.1, -0.05) is 23.7 Å². The number of fused-ring (bicyclic) bond motifs is 1. The van der Waals surface area contributed by atoms with E-state index in [1.165, 1.54) is 25.1 Å². The topological polar surface area (TPSA) is 80.9 Å². The maximum atomic E-state index is 13.2. The number of halogens is 4. The molecule has 162 valence electrons. The maximum absolute atomic E-state index is 13.2. The zero-order valence-electron chi connectivity index (χ0n) is 16.7. The van der Waals surface area contributed by atoms with Crippen molar-refractivity contribution in [2.24, 2.45) is 0 Å². The Morgan fingerprint density at radius 2 is 1.88 bits per heavy atom. The van der Waals surface area contributed by atoms with Gasteiger partial charge in [-0.15, -0.1) is 0 Å². The Hall–Kier alpha value is -3.65. The normalized spacial score (nSPS) is 11.5. The van der Waals surface area contributed by atoms with Gasteiger partial charge in [0.05, 0.1) is 11.1 Å². The lowest BCUT2D eigenvalue weighted by Gasteiger charge is -2.15. The number of nitrogens with two attached hydrogens (primary N) is 1. The van der Waals surface area contributed by atoms with Crippen LogP contribution in [0, 0.1) is 6.92 Å². The Morgan fingerprint density at radius 1 is 1.09 bits per heavy atom. The van der Waals surface area contributed by atoms with E-state index in [2.05, 4.69) is 15.3 Å². The van der Waals surface area contributed by atoms with E-state index in [9.17, 15) is 18.0 Å². The van der Waals surface area contributed by atoms with Crippen molar-refractivity contribution in [1.82, 2.24) is 9.97 Å². The van der Waals surface area contributed by atoms with Crippen LogP contribution in [0.1, 0.15) is 21.5 Å². The molecule has 3 N–H and O–H groups in total. The predicted octanol–water partition coefficient (Wildman–Crippen LogP) is 6.11. The molecule has 0 aliphatic rings. The van der Waals surface area contributed by atoms with Crippen LogP contribution >= 0.6 is 11.6 Å². The van der Waals surface area contributed by atoms with Gasteiger partial charge in [-0.3, -0.25) is 4.79 Å². The molecular weight excluding hydrogens is 441 g/mol. The largest absolute Gasteiger partial charge is 0.416 e. The lowest BCUT2D eigenvalue weighted by molar-refractivity contribution is -0.138. The van der Waals surface area contributed by atoms with Crippen LogP contribution in [-0.2, 0) is 6.18 Å². The quantitative estimate of drug-likeness (QED) is 0.389. The Morgan fingerprint density at radius 3 is 2.62 bits per heavy atom. The Labute approximate surface area is 186 Å². The molecule has 1 aromatic heterocycles. The molecule has 0 fully saturated rings. The van der Waals surface area contributed by atoms with E-state index in [0.717, 1.165) is 17.0 Å². The van der Waals surface area contributed by atoms with Gasteiger partial charge in [0.2, 0.25) is 5.95 Å². The molecule has 4 rings (SSSR count). The average molecular weight is 457 g/mol. The lowest BCUT2D eigenvalue weighted by Crippen LogP contribution is -2.15. The number of amides is 1. The molecule has 1 heterocycles. The molecule has 0 unspecified atom stereocenters. The summed E-state index contributed by atoms with van der Waals surface area (Å²) in [6.45, 7) is 1.32. The second-order valence-corrected chi connectivity index (χ2v) is 7.53. The van der Waals surface area contributed by atoms with E-state index in [4.69, 9.17) is 17.3 Å². The fourth-order valence-electron chi connectivity index (χ4n) is 3.38. The molecule has 0 saturated heterocycles. The Bertz CT molecular complexity index is 1360. The van der Waals surface area contributed by atoms with Crippen molar-refractivity contribution < 1.29 is 18.0 Å². The highest BCUT2D eigenvalue weighted by Gasteiger charge is 2.33. The number of rotatable bonds is 3. The van der Waals surface area contributed by atoms with E-state index in [1.54, 1.807) is 30.5 Å². The number of hydrogen-bond acceptors (Lipinski definition) is 4. The molecule has 3 aromatic carbocycles. The summed E-state index contributed by atoms with van der Waals surface area (Å²) in [4.78, 5) is 20.9. The second-order valence-electron chi connectivity index (χ2n) is 7.13. The molecule has 0 bridgehead atoms. The number of aromatic nitrogens is 2.